The van der Waals surface area contributed by atoms with Crippen molar-refractivity contribution in [3.63, 3.8) is 0 Å². The number of likely N-dealkylation sites (tertiary alicyclic amines) is 1. The normalized spacial score (nSPS) is 21.1. The van der Waals surface area contributed by atoms with E-state index < -0.39 is 0 Å². The van der Waals surface area contributed by atoms with Crippen molar-refractivity contribution in [2.45, 2.75) is 65.1 Å². The summed E-state index contributed by atoms with van der Waals surface area (Å²) in [5.41, 5.74) is 2.80. The van der Waals surface area contributed by atoms with E-state index >= 15 is 0 Å². The summed E-state index contributed by atoms with van der Waals surface area (Å²) in [6.45, 7) is 12.2. The highest BCUT2D eigenvalue weighted by Gasteiger charge is 2.23. The van der Waals surface area contributed by atoms with Gasteiger partial charge in [0.15, 0.2) is 0 Å². The fourth-order valence-electron chi connectivity index (χ4n) is 2.86. The number of rotatable bonds is 4. The van der Waals surface area contributed by atoms with Gasteiger partial charge in [-0.3, -0.25) is 9.88 Å². The highest BCUT2D eigenvalue weighted by molar-refractivity contribution is 5.16. The van der Waals surface area contributed by atoms with Gasteiger partial charge in [-0.25, -0.2) is 0 Å². The molecule has 112 valence electrons. The quantitative estimate of drug-likeness (QED) is 0.915. The highest BCUT2D eigenvalue weighted by Crippen LogP contribution is 2.20. The number of aromatic nitrogens is 1. The average molecular weight is 275 g/mol. The van der Waals surface area contributed by atoms with Crippen LogP contribution in [0.3, 0.4) is 0 Å². The lowest BCUT2D eigenvalue weighted by Gasteiger charge is -2.37. The van der Waals surface area contributed by atoms with E-state index in [0.29, 0.717) is 6.04 Å². The van der Waals surface area contributed by atoms with Crippen molar-refractivity contribution in [3.05, 3.63) is 29.6 Å². The minimum Gasteiger partial charge on any atom is -0.311 e. The van der Waals surface area contributed by atoms with Crippen LogP contribution in [0.1, 0.15) is 51.2 Å². The molecule has 1 aliphatic rings. The molecule has 3 heteroatoms. The highest BCUT2D eigenvalue weighted by atomic mass is 15.2. The predicted molar refractivity (Wildman–Crippen MR) is 84.8 cm³/mol. The van der Waals surface area contributed by atoms with E-state index in [1.807, 2.05) is 12.4 Å². The third kappa shape index (κ3) is 4.88. The van der Waals surface area contributed by atoms with Gasteiger partial charge in [0.1, 0.15) is 0 Å². The van der Waals surface area contributed by atoms with Gasteiger partial charge in [0.25, 0.3) is 0 Å². The maximum Gasteiger partial charge on any atom is 0.0313 e. The number of nitrogens with zero attached hydrogens (tertiary/aromatic N) is 2. The van der Waals surface area contributed by atoms with Crippen LogP contribution in [0.5, 0.6) is 0 Å². The van der Waals surface area contributed by atoms with Crippen LogP contribution in [0, 0.1) is 6.92 Å². The maximum absolute atomic E-state index is 4.32. The van der Waals surface area contributed by atoms with E-state index in [9.17, 15) is 0 Å². The maximum atomic E-state index is 4.32. The van der Waals surface area contributed by atoms with Crippen LogP contribution < -0.4 is 5.32 Å². The van der Waals surface area contributed by atoms with Gasteiger partial charge in [0, 0.05) is 37.1 Å². The smallest absolute Gasteiger partial charge is 0.0313 e. The monoisotopic (exact) mass is 275 g/mol. The van der Waals surface area contributed by atoms with E-state index in [1.165, 1.54) is 36.9 Å². The molecule has 1 aromatic heterocycles. The van der Waals surface area contributed by atoms with Crippen LogP contribution in [0.25, 0.3) is 0 Å². The molecule has 0 aliphatic carbocycles. The summed E-state index contributed by atoms with van der Waals surface area (Å²) in [5.74, 6) is 0. The summed E-state index contributed by atoms with van der Waals surface area (Å²) in [7, 11) is 0. The van der Waals surface area contributed by atoms with Crippen LogP contribution in [0.15, 0.2) is 18.5 Å². The first-order chi connectivity index (χ1) is 9.44. The average Bonchev–Trinajstić information content (AvgIpc) is 2.37. The van der Waals surface area contributed by atoms with Crippen molar-refractivity contribution in [3.8, 4) is 0 Å². The second-order valence-corrected chi connectivity index (χ2v) is 7.12. The summed E-state index contributed by atoms with van der Waals surface area (Å²) < 4.78 is 0. The van der Waals surface area contributed by atoms with Crippen molar-refractivity contribution < 1.29 is 0 Å². The van der Waals surface area contributed by atoms with Gasteiger partial charge in [-0.2, -0.15) is 0 Å². The van der Waals surface area contributed by atoms with Crippen LogP contribution >= 0.6 is 0 Å². The molecule has 20 heavy (non-hydrogen) atoms. The Morgan fingerprint density at radius 3 is 2.80 bits per heavy atom. The van der Waals surface area contributed by atoms with E-state index in [0.717, 1.165) is 13.1 Å². The van der Waals surface area contributed by atoms with E-state index in [1.54, 1.807) is 0 Å². The lowest BCUT2D eigenvalue weighted by Crippen LogP contribution is -2.49. The molecular weight excluding hydrogens is 246 g/mol. The Labute approximate surface area is 123 Å². The largest absolute Gasteiger partial charge is 0.311 e. The first kappa shape index (κ1) is 15.5. The van der Waals surface area contributed by atoms with Gasteiger partial charge in [-0.05, 0) is 58.2 Å². The second-order valence-electron chi connectivity index (χ2n) is 7.12. The van der Waals surface area contributed by atoms with E-state index in [-0.39, 0.29) is 5.54 Å². The topological polar surface area (TPSA) is 28.2 Å². The van der Waals surface area contributed by atoms with Gasteiger partial charge >= 0.3 is 0 Å². The van der Waals surface area contributed by atoms with Crippen LogP contribution in [0.2, 0.25) is 0 Å². The molecule has 0 radical (unpaired) electrons. The Hall–Kier alpha value is -0.930. The summed E-state index contributed by atoms with van der Waals surface area (Å²) in [6.07, 6.45) is 7.93. The number of pyridine rings is 1. The lowest BCUT2D eigenvalue weighted by atomic mass is 9.99. The molecule has 0 saturated carbocycles. The number of piperidine rings is 1. The molecule has 2 heterocycles. The standard InChI is InChI=1S/C17H29N3/c1-14-9-15(11-18-10-14)13-20-8-6-5-7-16(20)12-19-17(2,3)4/h9-11,16,19H,5-8,12-13H2,1-4H3. The first-order valence-electron chi connectivity index (χ1n) is 7.84. The molecule has 1 aromatic rings. The number of aryl methyl sites for hydroxylation is 1. The molecule has 0 spiro atoms. The fraction of sp³-hybridized carbons (Fsp3) is 0.706. The number of hydrogen-bond donors (Lipinski definition) is 1. The van der Waals surface area contributed by atoms with Crippen molar-refractivity contribution in [2.75, 3.05) is 13.1 Å². The van der Waals surface area contributed by atoms with Crippen LogP contribution in [-0.2, 0) is 6.54 Å². The summed E-state index contributed by atoms with van der Waals surface area (Å²) in [5, 5.41) is 3.66. The van der Waals surface area contributed by atoms with Crippen LogP contribution in [-0.4, -0.2) is 34.6 Å². The van der Waals surface area contributed by atoms with E-state index in [4.69, 9.17) is 0 Å². The summed E-state index contributed by atoms with van der Waals surface area (Å²) in [4.78, 5) is 6.94. The molecule has 2 rings (SSSR count). The predicted octanol–water partition coefficient (Wildman–Crippen LogP) is 3.13. The van der Waals surface area contributed by atoms with Gasteiger partial charge < -0.3 is 5.32 Å². The Morgan fingerprint density at radius 1 is 1.30 bits per heavy atom. The van der Waals surface area contributed by atoms with Gasteiger partial charge in [-0.1, -0.05) is 12.5 Å². The zero-order valence-electron chi connectivity index (χ0n) is 13.4. The molecule has 0 aromatic carbocycles. The zero-order chi connectivity index (χ0) is 14.6. The summed E-state index contributed by atoms with van der Waals surface area (Å²) in [6, 6.07) is 2.92. The second kappa shape index (κ2) is 6.68. The molecular formula is C17H29N3. The Bertz CT molecular complexity index is 422. The van der Waals surface area contributed by atoms with Gasteiger partial charge in [0.05, 0.1) is 0 Å². The molecule has 0 amide bonds. The van der Waals surface area contributed by atoms with Crippen molar-refractivity contribution in [2.24, 2.45) is 0 Å². The SMILES string of the molecule is Cc1cncc(CN2CCCCC2CNC(C)(C)C)c1. The lowest BCUT2D eigenvalue weighted by molar-refractivity contribution is 0.131. The minimum atomic E-state index is 0.202. The van der Waals surface area contributed by atoms with Gasteiger partial charge in [-0.15, -0.1) is 0 Å². The molecule has 1 unspecified atom stereocenters. The molecule has 1 saturated heterocycles. The van der Waals surface area contributed by atoms with Crippen LogP contribution in [0.4, 0.5) is 0 Å². The molecule has 1 aliphatic heterocycles. The van der Waals surface area contributed by atoms with Crippen molar-refractivity contribution in [1.82, 2.24) is 15.2 Å². The third-order valence-electron chi connectivity index (χ3n) is 3.93. The molecule has 0 bridgehead atoms. The Balaban J connectivity index is 1.96. The van der Waals surface area contributed by atoms with Crippen molar-refractivity contribution >= 4 is 0 Å². The van der Waals surface area contributed by atoms with Gasteiger partial charge in [0.2, 0.25) is 0 Å². The number of nitrogens with one attached hydrogen (secondary N) is 1. The molecule has 1 atom stereocenters. The molecule has 3 nitrogen and oxygen atoms in total. The fourth-order valence-corrected chi connectivity index (χ4v) is 2.86. The summed E-state index contributed by atoms with van der Waals surface area (Å²) >= 11 is 0. The Morgan fingerprint density at radius 2 is 2.10 bits per heavy atom. The van der Waals surface area contributed by atoms with E-state index in [2.05, 4.69) is 49.0 Å². The zero-order valence-corrected chi connectivity index (χ0v) is 13.4. The molecule has 1 fully saturated rings. The third-order valence-corrected chi connectivity index (χ3v) is 3.93. The Kier molecular flexibility index (Phi) is 5.17. The first-order valence-corrected chi connectivity index (χ1v) is 7.84. The minimum absolute atomic E-state index is 0.202. The molecule has 1 N–H and O–H groups in total. The number of hydrogen-bond acceptors (Lipinski definition) is 3. The van der Waals surface area contributed by atoms with Crippen molar-refractivity contribution in [1.29, 1.82) is 0 Å².